The van der Waals surface area contributed by atoms with Crippen LogP contribution in [0, 0.1) is 27.7 Å². The molecule has 1 rings (SSSR count). The van der Waals surface area contributed by atoms with Crippen molar-refractivity contribution in [3.63, 3.8) is 0 Å². The van der Waals surface area contributed by atoms with Gasteiger partial charge in [-0.25, -0.2) is 4.79 Å². The summed E-state index contributed by atoms with van der Waals surface area (Å²) in [5.41, 5.74) is 4.44. The summed E-state index contributed by atoms with van der Waals surface area (Å²) >= 11 is 3.34. The first-order valence-electron chi connectivity index (χ1n) is 4.37. The molecule has 2 nitrogen and oxygen atoms in total. The van der Waals surface area contributed by atoms with E-state index in [1.165, 1.54) is 0 Å². The topological polar surface area (TPSA) is 37.3 Å². The van der Waals surface area contributed by atoms with Crippen molar-refractivity contribution < 1.29 is 9.90 Å². The fraction of sp³-hybridized carbons (Fsp3) is 0.364. The Labute approximate surface area is 92.1 Å². The van der Waals surface area contributed by atoms with E-state index in [0.717, 1.165) is 22.3 Å². The molecular formula is C11H13BrO2. The van der Waals surface area contributed by atoms with Gasteiger partial charge in [-0.15, -0.1) is 0 Å². The number of carboxylic acid groups (broad SMARTS) is 1. The predicted octanol–water partition coefficient (Wildman–Crippen LogP) is 3.38. The molecule has 76 valence electrons. The molecule has 0 saturated carbocycles. The van der Waals surface area contributed by atoms with Crippen LogP contribution in [0.3, 0.4) is 0 Å². The van der Waals surface area contributed by atoms with Gasteiger partial charge in [-0.05, 0) is 65.9 Å². The number of aromatic carboxylic acids is 1. The minimum atomic E-state index is -0.874. The van der Waals surface area contributed by atoms with Crippen LogP contribution in [0.2, 0.25) is 0 Å². The molecule has 0 aromatic heterocycles. The second-order valence-electron chi connectivity index (χ2n) is 3.49. The molecule has 0 bridgehead atoms. The van der Waals surface area contributed by atoms with Crippen LogP contribution in [-0.4, -0.2) is 11.1 Å². The van der Waals surface area contributed by atoms with Gasteiger partial charge in [0.05, 0.1) is 5.56 Å². The monoisotopic (exact) mass is 256 g/mol. The molecule has 0 aliphatic carbocycles. The maximum atomic E-state index is 11.0. The molecule has 0 heterocycles. The third-order valence-electron chi connectivity index (χ3n) is 2.83. The summed E-state index contributed by atoms with van der Waals surface area (Å²) in [5.74, 6) is -0.874. The minimum absolute atomic E-state index is 0.380. The fourth-order valence-electron chi connectivity index (χ4n) is 1.52. The van der Waals surface area contributed by atoms with E-state index in [4.69, 9.17) is 5.11 Å². The van der Waals surface area contributed by atoms with E-state index in [2.05, 4.69) is 15.9 Å². The highest BCUT2D eigenvalue weighted by molar-refractivity contribution is 9.10. The average Bonchev–Trinajstić information content (AvgIpc) is 2.11. The van der Waals surface area contributed by atoms with Gasteiger partial charge >= 0.3 is 5.97 Å². The van der Waals surface area contributed by atoms with Gasteiger partial charge in [0.15, 0.2) is 0 Å². The molecule has 0 fully saturated rings. The van der Waals surface area contributed by atoms with Crippen molar-refractivity contribution in [3.8, 4) is 0 Å². The third-order valence-corrected chi connectivity index (χ3v) is 3.82. The smallest absolute Gasteiger partial charge is 0.337 e. The highest BCUT2D eigenvalue weighted by atomic mass is 79.9. The van der Waals surface area contributed by atoms with Crippen molar-refractivity contribution >= 4 is 21.9 Å². The highest BCUT2D eigenvalue weighted by Crippen LogP contribution is 2.30. The Morgan fingerprint density at radius 1 is 1.00 bits per heavy atom. The van der Waals surface area contributed by atoms with Crippen molar-refractivity contribution in [3.05, 3.63) is 32.3 Å². The summed E-state index contributed by atoms with van der Waals surface area (Å²) in [6.45, 7) is 7.74. The first-order valence-corrected chi connectivity index (χ1v) is 5.16. The number of rotatable bonds is 1. The number of hydrogen-bond acceptors (Lipinski definition) is 1. The lowest BCUT2D eigenvalue weighted by atomic mass is 9.95. The first kappa shape index (κ1) is 11.2. The van der Waals surface area contributed by atoms with Gasteiger partial charge in [-0.1, -0.05) is 0 Å². The van der Waals surface area contributed by atoms with E-state index in [1.807, 2.05) is 27.7 Å². The molecule has 0 saturated heterocycles. The van der Waals surface area contributed by atoms with Crippen LogP contribution in [0.1, 0.15) is 32.6 Å². The lowest BCUT2D eigenvalue weighted by Crippen LogP contribution is -2.06. The van der Waals surface area contributed by atoms with E-state index < -0.39 is 5.97 Å². The van der Waals surface area contributed by atoms with Crippen LogP contribution in [-0.2, 0) is 0 Å². The predicted molar refractivity (Wildman–Crippen MR) is 60.0 cm³/mol. The molecule has 14 heavy (non-hydrogen) atoms. The van der Waals surface area contributed by atoms with Gasteiger partial charge in [0.25, 0.3) is 0 Å². The Morgan fingerprint density at radius 3 is 1.86 bits per heavy atom. The van der Waals surface area contributed by atoms with Crippen LogP contribution in [0.5, 0.6) is 0 Å². The molecule has 0 radical (unpaired) electrons. The van der Waals surface area contributed by atoms with Crippen LogP contribution in [0.25, 0.3) is 0 Å². The largest absolute Gasteiger partial charge is 0.478 e. The lowest BCUT2D eigenvalue weighted by Gasteiger charge is -2.14. The Balaban J connectivity index is 3.68. The highest BCUT2D eigenvalue weighted by Gasteiger charge is 2.17. The van der Waals surface area contributed by atoms with Gasteiger partial charge in [0.1, 0.15) is 0 Å². The van der Waals surface area contributed by atoms with Crippen LogP contribution < -0.4 is 0 Å². The SMILES string of the molecule is Cc1c(C)c(C)c(C(=O)O)c(Br)c1C. The molecule has 0 unspecified atom stereocenters. The van der Waals surface area contributed by atoms with E-state index in [9.17, 15) is 4.79 Å². The standard InChI is InChI=1S/C11H13BrO2/c1-5-6(2)8(4)10(12)9(7(5)3)11(13)14/h1-4H3,(H,13,14). The van der Waals surface area contributed by atoms with Crippen molar-refractivity contribution in [2.75, 3.05) is 0 Å². The zero-order valence-electron chi connectivity index (χ0n) is 8.73. The normalized spacial score (nSPS) is 10.4. The molecule has 0 atom stereocenters. The number of carbonyl (C=O) groups is 1. The first-order chi connectivity index (χ1) is 6.37. The van der Waals surface area contributed by atoms with E-state index in [0.29, 0.717) is 10.0 Å². The minimum Gasteiger partial charge on any atom is -0.478 e. The Kier molecular flexibility index (Phi) is 3.00. The van der Waals surface area contributed by atoms with E-state index in [-0.39, 0.29) is 0 Å². The van der Waals surface area contributed by atoms with Crippen LogP contribution in [0.15, 0.2) is 4.47 Å². The zero-order valence-corrected chi connectivity index (χ0v) is 10.3. The van der Waals surface area contributed by atoms with E-state index in [1.54, 1.807) is 0 Å². The second kappa shape index (κ2) is 3.73. The van der Waals surface area contributed by atoms with Gasteiger partial charge < -0.3 is 5.11 Å². The third kappa shape index (κ3) is 1.57. The maximum absolute atomic E-state index is 11.0. The van der Waals surface area contributed by atoms with Crippen LogP contribution >= 0.6 is 15.9 Å². The quantitative estimate of drug-likeness (QED) is 0.837. The second-order valence-corrected chi connectivity index (χ2v) is 4.29. The molecule has 3 heteroatoms. The number of benzene rings is 1. The summed E-state index contributed by atoms with van der Waals surface area (Å²) in [4.78, 5) is 11.0. The van der Waals surface area contributed by atoms with Crippen molar-refractivity contribution in [1.29, 1.82) is 0 Å². The number of hydrogen-bond donors (Lipinski definition) is 1. The summed E-state index contributed by atoms with van der Waals surface area (Å²) in [5, 5.41) is 9.06. The summed E-state index contributed by atoms with van der Waals surface area (Å²) in [6, 6.07) is 0. The molecule has 1 aromatic carbocycles. The zero-order chi connectivity index (χ0) is 11.0. The van der Waals surface area contributed by atoms with Crippen LogP contribution in [0.4, 0.5) is 0 Å². The molecule has 0 spiro atoms. The summed E-state index contributed by atoms with van der Waals surface area (Å²) < 4.78 is 0.700. The number of carboxylic acids is 1. The lowest BCUT2D eigenvalue weighted by molar-refractivity contribution is 0.0695. The van der Waals surface area contributed by atoms with Gasteiger partial charge in [0, 0.05) is 4.47 Å². The molecule has 0 aliphatic rings. The van der Waals surface area contributed by atoms with Gasteiger partial charge in [-0.2, -0.15) is 0 Å². The molecule has 1 aromatic rings. The van der Waals surface area contributed by atoms with Crippen molar-refractivity contribution in [2.45, 2.75) is 27.7 Å². The molecular weight excluding hydrogens is 244 g/mol. The van der Waals surface area contributed by atoms with Gasteiger partial charge in [-0.3, -0.25) is 0 Å². The number of halogens is 1. The van der Waals surface area contributed by atoms with Gasteiger partial charge in [0.2, 0.25) is 0 Å². The van der Waals surface area contributed by atoms with Crippen molar-refractivity contribution in [1.82, 2.24) is 0 Å². The molecule has 0 amide bonds. The average molecular weight is 257 g/mol. The molecule has 1 N–H and O–H groups in total. The molecule has 0 aliphatic heterocycles. The Hall–Kier alpha value is -0.830. The maximum Gasteiger partial charge on any atom is 0.337 e. The van der Waals surface area contributed by atoms with Crippen molar-refractivity contribution in [2.24, 2.45) is 0 Å². The fourth-order valence-corrected chi connectivity index (χ4v) is 2.29. The summed E-state index contributed by atoms with van der Waals surface area (Å²) in [7, 11) is 0. The Morgan fingerprint density at radius 2 is 1.43 bits per heavy atom. The summed E-state index contributed by atoms with van der Waals surface area (Å²) in [6.07, 6.45) is 0. The van der Waals surface area contributed by atoms with E-state index >= 15 is 0 Å². The Bertz CT molecular complexity index is 379.